The Morgan fingerprint density at radius 3 is 2.23 bits per heavy atom. The number of carbonyl (C=O) groups is 2. The Balaban J connectivity index is 2.09. The van der Waals surface area contributed by atoms with Crippen LogP contribution < -0.4 is 16.4 Å². The number of hydrogen-bond donors (Lipinski definition) is 3. The zero-order valence-corrected chi connectivity index (χ0v) is 11.7. The van der Waals surface area contributed by atoms with Gasteiger partial charge in [-0.15, -0.1) is 0 Å². The predicted octanol–water partition coefficient (Wildman–Crippen LogP) is 2.78. The van der Waals surface area contributed by atoms with Crippen LogP contribution in [0.5, 0.6) is 0 Å². The van der Waals surface area contributed by atoms with Gasteiger partial charge in [-0.1, -0.05) is 11.6 Å². The summed E-state index contributed by atoms with van der Waals surface area (Å²) in [5, 5.41) is 4.34. The van der Waals surface area contributed by atoms with Crippen molar-refractivity contribution in [2.24, 2.45) is 0 Å². The van der Waals surface area contributed by atoms with Crippen molar-refractivity contribution in [3.05, 3.63) is 53.1 Å². The molecule has 5 nitrogen and oxygen atoms in total. The first-order valence-electron chi connectivity index (χ1n) is 5.99. The Hall–Kier alpha value is -2.67. The molecule has 0 radical (unpaired) electrons. The van der Waals surface area contributed by atoms with Crippen LogP contribution in [0.4, 0.5) is 25.8 Å². The zero-order valence-electron chi connectivity index (χ0n) is 11.0. The second-order valence-corrected chi connectivity index (χ2v) is 4.68. The summed E-state index contributed by atoms with van der Waals surface area (Å²) in [7, 11) is 0. The molecule has 0 fully saturated rings. The van der Waals surface area contributed by atoms with Gasteiger partial charge in [0.05, 0.1) is 16.4 Å². The molecule has 2 rings (SSSR count). The molecule has 8 heteroatoms. The van der Waals surface area contributed by atoms with Gasteiger partial charge in [0.1, 0.15) is 11.6 Å². The Morgan fingerprint density at radius 2 is 1.59 bits per heavy atom. The summed E-state index contributed by atoms with van der Waals surface area (Å²) in [6.45, 7) is 0. The van der Waals surface area contributed by atoms with Crippen LogP contribution in [0.15, 0.2) is 36.4 Å². The summed E-state index contributed by atoms with van der Waals surface area (Å²) < 4.78 is 26.4. The third-order valence-corrected chi connectivity index (χ3v) is 2.94. The summed E-state index contributed by atoms with van der Waals surface area (Å²) in [6, 6.07) is 6.76. The van der Waals surface area contributed by atoms with E-state index < -0.39 is 29.1 Å². The first kappa shape index (κ1) is 15.7. The summed E-state index contributed by atoms with van der Waals surface area (Å²) in [6.07, 6.45) is 0. The fourth-order valence-electron chi connectivity index (χ4n) is 1.58. The summed E-state index contributed by atoms with van der Waals surface area (Å²) in [5.74, 6) is -3.88. The van der Waals surface area contributed by atoms with Gasteiger partial charge in [-0.25, -0.2) is 8.78 Å². The Morgan fingerprint density at radius 1 is 0.955 bits per heavy atom. The zero-order chi connectivity index (χ0) is 16.3. The van der Waals surface area contributed by atoms with E-state index in [-0.39, 0.29) is 10.7 Å². The van der Waals surface area contributed by atoms with E-state index in [0.29, 0.717) is 5.69 Å². The van der Waals surface area contributed by atoms with Gasteiger partial charge in [0.2, 0.25) is 0 Å². The van der Waals surface area contributed by atoms with Crippen molar-refractivity contribution in [1.82, 2.24) is 0 Å². The maximum Gasteiger partial charge on any atom is 0.314 e. The van der Waals surface area contributed by atoms with Gasteiger partial charge in [0, 0.05) is 11.8 Å². The van der Waals surface area contributed by atoms with E-state index in [1.807, 2.05) is 5.32 Å². The number of nitrogens with two attached hydrogens (primary N) is 1. The number of hydrogen-bond acceptors (Lipinski definition) is 3. The van der Waals surface area contributed by atoms with Crippen LogP contribution in [-0.4, -0.2) is 11.8 Å². The van der Waals surface area contributed by atoms with Crippen molar-refractivity contribution in [1.29, 1.82) is 0 Å². The minimum Gasteiger partial charge on any atom is -0.399 e. The number of benzene rings is 2. The van der Waals surface area contributed by atoms with Gasteiger partial charge < -0.3 is 16.4 Å². The van der Waals surface area contributed by atoms with Gasteiger partial charge >= 0.3 is 11.8 Å². The van der Waals surface area contributed by atoms with Crippen LogP contribution >= 0.6 is 11.6 Å². The average molecular weight is 326 g/mol. The molecule has 0 aliphatic heterocycles. The maximum absolute atomic E-state index is 13.4. The number of nitrogen functional groups attached to an aromatic ring is 1. The SMILES string of the molecule is Nc1ccc(NC(=O)C(=O)Nc2cc(F)ccc2F)c(Cl)c1. The van der Waals surface area contributed by atoms with E-state index >= 15 is 0 Å². The number of anilines is 3. The van der Waals surface area contributed by atoms with E-state index in [4.69, 9.17) is 17.3 Å². The monoisotopic (exact) mass is 325 g/mol. The molecular weight excluding hydrogens is 316 g/mol. The molecule has 22 heavy (non-hydrogen) atoms. The standard InChI is InChI=1S/C14H10ClF2N3O2/c15-9-6-8(18)2-4-11(9)19-13(21)14(22)20-12-5-7(16)1-3-10(12)17/h1-6H,18H2,(H,19,21)(H,20,22). The molecule has 114 valence electrons. The van der Waals surface area contributed by atoms with E-state index in [1.165, 1.54) is 18.2 Å². The summed E-state index contributed by atoms with van der Waals surface area (Å²) in [4.78, 5) is 23.4. The van der Waals surface area contributed by atoms with Crippen molar-refractivity contribution >= 4 is 40.5 Å². The topological polar surface area (TPSA) is 84.2 Å². The number of nitrogens with one attached hydrogen (secondary N) is 2. The average Bonchev–Trinajstić information content (AvgIpc) is 2.45. The quantitative estimate of drug-likeness (QED) is 0.586. The third-order valence-electron chi connectivity index (χ3n) is 2.62. The number of carbonyl (C=O) groups excluding carboxylic acids is 2. The number of halogens is 3. The van der Waals surface area contributed by atoms with Crippen molar-refractivity contribution in [3.8, 4) is 0 Å². The Labute approximate surface area is 129 Å². The lowest BCUT2D eigenvalue weighted by Gasteiger charge is -2.09. The molecule has 2 aromatic carbocycles. The molecule has 4 N–H and O–H groups in total. The molecule has 0 spiro atoms. The van der Waals surface area contributed by atoms with Crippen LogP contribution in [0, 0.1) is 11.6 Å². The minimum absolute atomic E-state index is 0.137. The minimum atomic E-state index is -1.17. The van der Waals surface area contributed by atoms with Crippen molar-refractivity contribution in [2.45, 2.75) is 0 Å². The Kier molecular flexibility index (Phi) is 4.57. The van der Waals surface area contributed by atoms with Gasteiger partial charge in [0.15, 0.2) is 0 Å². The van der Waals surface area contributed by atoms with Crippen LogP contribution in [0.3, 0.4) is 0 Å². The second kappa shape index (κ2) is 6.40. The predicted molar refractivity (Wildman–Crippen MR) is 79.5 cm³/mol. The Bertz CT molecular complexity index is 753. The van der Waals surface area contributed by atoms with Crippen molar-refractivity contribution in [3.63, 3.8) is 0 Å². The molecule has 0 saturated carbocycles. The van der Waals surface area contributed by atoms with Crippen LogP contribution in [-0.2, 0) is 9.59 Å². The third kappa shape index (κ3) is 3.70. The van der Waals surface area contributed by atoms with E-state index in [9.17, 15) is 18.4 Å². The molecule has 0 heterocycles. The molecular formula is C14H10ClF2N3O2. The fraction of sp³-hybridized carbons (Fsp3) is 0. The molecule has 0 bridgehead atoms. The van der Waals surface area contributed by atoms with Crippen LogP contribution in [0.2, 0.25) is 5.02 Å². The highest BCUT2D eigenvalue weighted by Gasteiger charge is 2.17. The van der Waals surface area contributed by atoms with Gasteiger partial charge in [-0.05, 0) is 30.3 Å². The molecule has 0 saturated heterocycles. The molecule has 2 amide bonds. The summed E-state index contributed by atoms with van der Waals surface area (Å²) in [5.41, 5.74) is 5.60. The highest BCUT2D eigenvalue weighted by Crippen LogP contribution is 2.24. The lowest BCUT2D eigenvalue weighted by molar-refractivity contribution is -0.133. The highest BCUT2D eigenvalue weighted by atomic mass is 35.5. The summed E-state index contributed by atoms with van der Waals surface area (Å²) >= 11 is 5.85. The van der Waals surface area contributed by atoms with Crippen LogP contribution in [0.25, 0.3) is 0 Å². The van der Waals surface area contributed by atoms with E-state index in [0.717, 1.165) is 18.2 Å². The fourth-order valence-corrected chi connectivity index (χ4v) is 1.82. The smallest absolute Gasteiger partial charge is 0.314 e. The number of rotatable bonds is 2. The molecule has 0 aliphatic rings. The van der Waals surface area contributed by atoms with Gasteiger partial charge in [0.25, 0.3) is 0 Å². The largest absolute Gasteiger partial charge is 0.399 e. The lowest BCUT2D eigenvalue weighted by atomic mass is 10.2. The normalized spacial score (nSPS) is 10.1. The molecule has 0 unspecified atom stereocenters. The number of amides is 2. The lowest BCUT2D eigenvalue weighted by Crippen LogP contribution is -2.29. The first-order valence-corrected chi connectivity index (χ1v) is 6.37. The second-order valence-electron chi connectivity index (χ2n) is 4.27. The molecule has 2 aromatic rings. The molecule has 0 aromatic heterocycles. The van der Waals surface area contributed by atoms with Crippen molar-refractivity contribution < 1.29 is 18.4 Å². The van der Waals surface area contributed by atoms with Gasteiger partial charge in [-0.2, -0.15) is 0 Å². The van der Waals surface area contributed by atoms with E-state index in [1.54, 1.807) is 0 Å². The maximum atomic E-state index is 13.4. The molecule has 0 atom stereocenters. The molecule has 0 aliphatic carbocycles. The first-order chi connectivity index (χ1) is 10.4. The highest BCUT2D eigenvalue weighted by molar-refractivity contribution is 6.44. The van der Waals surface area contributed by atoms with E-state index in [2.05, 4.69) is 5.32 Å². The van der Waals surface area contributed by atoms with Crippen LogP contribution in [0.1, 0.15) is 0 Å². The van der Waals surface area contributed by atoms with Gasteiger partial charge in [-0.3, -0.25) is 9.59 Å². The van der Waals surface area contributed by atoms with Crippen molar-refractivity contribution in [2.75, 3.05) is 16.4 Å².